The molecule has 2 heterocycles. The molecule has 20 heavy (non-hydrogen) atoms. The highest BCUT2D eigenvalue weighted by Crippen LogP contribution is 2.26. The van der Waals surface area contributed by atoms with Gasteiger partial charge >= 0.3 is 0 Å². The van der Waals surface area contributed by atoms with Crippen LogP contribution in [0, 0.1) is 0 Å². The van der Waals surface area contributed by atoms with Crippen molar-refractivity contribution >= 4 is 11.0 Å². The Labute approximate surface area is 118 Å². The summed E-state index contributed by atoms with van der Waals surface area (Å²) in [5.74, 6) is 2.09. The number of para-hydroxylation sites is 1. The van der Waals surface area contributed by atoms with E-state index in [1.807, 2.05) is 31.6 Å². The molecule has 3 rings (SSSR count). The van der Waals surface area contributed by atoms with Crippen molar-refractivity contribution in [2.24, 2.45) is 0 Å². The van der Waals surface area contributed by atoms with Crippen molar-refractivity contribution in [2.75, 3.05) is 7.05 Å². The zero-order valence-electron chi connectivity index (χ0n) is 11.9. The first-order valence-electron chi connectivity index (χ1n) is 6.97. The number of furan rings is 1. The van der Waals surface area contributed by atoms with E-state index in [0.717, 1.165) is 36.7 Å². The van der Waals surface area contributed by atoms with Gasteiger partial charge in [0.15, 0.2) is 0 Å². The van der Waals surface area contributed by atoms with Crippen molar-refractivity contribution in [3.05, 3.63) is 53.8 Å². The first kappa shape index (κ1) is 12.9. The van der Waals surface area contributed by atoms with Crippen molar-refractivity contribution in [3.63, 3.8) is 0 Å². The first-order valence-corrected chi connectivity index (χ1v) is 6.97. The Bertz CT molecular complexity index is 711. The highest BCUT2D eigenvalue weighted by molar-refractivity contribution is 5.82. The van der Waals surface area contributed by atoms with E-state index < -0.39 is 0 Å². The van der Waals surface area contributed by atoms with Gasteiger partial charge in [0.2, 0.25) is 0 Å². The van der Waals surface area contributed by atoms with E-state index in [4.69, 9.17) is 4.42 Å². The molecule has 0 aliphatic rings. The molecule has 2 aromatic heterocycles. The lowest BCUT2D eigenvalue weighted by atomic mass is 10.1. The number of rotatable bonds is 5. The minimum atomic E-state index is 0.731. The van der Waals surface area contributed by atoms with Crippen LogP contribution in [0.1, 0.15) is 24.1 Å². The zero-order valence-corrected chi connectivity index (χ0v) is 11.9. The summed E-state index contributed by atoms with van der Waals surface area (Å²) in [6.45, 7) is 3.66. The summed E-state index contributed by atoms with van der Waals surface area (Å²) < 4.78 is 8.19. The number of hydrogen-bond donors (Lipinski definition) is 1. The van der Waals surface area contributed by atoms with E-state index in [-0.39, 0.29) is 0 Å². The predicted molar refractivity (Wildman–Crippen MR) is 79.7 cm³/mol. The van der Waals surface area contributed by atoms with Gasteiger partial charge in [0, 0.05) is 36.3 Å². The molecule has 0 unspecified atom stereocenters. The van der Waals surface area contributed by atoms with Crippen LogP contribution in [0.5, 0.6) is 0 Å². The van der Waals surface area contributed by atoms with Crippen molar-refractivity contribution in [3.8, 4) is 0 Å². The summed E-state index contributed by atoms with van der Waals surface area (Å²) in [5, 5.41) is 4.42. The SMILES string of the molecule is CCc1nccn1Cc1oc2ccccc2c1CNC. The smallest absolute Gasteiger partial charge is 0.134 e. The molecule has 0 spiro atoms. The molecular weight excluding hydrogens is 250 g/mol. The van der Waals surface area contributed by atoms with Gasteiger partial charge in [0.25, 0.3) is 0 Å². The maximum Gasteiger partial charge on any atom is 0.134 e. The third kappa shape index (κ3) is 2.23. The molecule has 0 aliphatic heterocycles. The lowest BCUT2D eigenvalue weighted by Crippen LogP contribution is -2.09. The van der Waals surface area contributed by atoms with E-state index in [2.05, 4.69) is 33.9 Å². The third-order valence-electron chi connectivity index (χ3n) is 3.57. The summed E-state index contributed by atoms with van der Waals surface area (Å²) in [7, 11) is 1.96. The molecule has 0 saturated carbocycles. The van der Waals surface area contributed by atoms with Gasteiger partial charge in [0.05, 0.1) is 6.54 Å². The number of aryl methyl sites for hydroxylation is 1. The van der Waals surface area contributed by atoms with Crippen LogP contribution in [-0.2, 0) is 19.5 Å². The fourth-order valence-corrected chi connectivity index (χ4v) is 2.60. The van der Waals surface area contributed by atoms with Gasteiger partial charge in [-0.05, 0) is 13.1 Å². The quantitative estimate of drug-likeness (QED) is 0.774. The van der Waals surface area contributed by atoms with Gasteiger partial charge in [-0.3, -0.25) is 0 Å². The molecule has 0 aliphatic carbocycles. The maximum absolute atomic E-state index is 6.04. The molecule has 0 bridgehead atoms. The fraction of sp³-hybridized carbons (Fsp3) is 0.312. The number of nitrogens with zero attached hydrogens (tertiary/aromatic N) is 2. The molecule has 0 amide bonds. The van der Waals surface area contributed by atoms with E-state index in [1.165, 1.54) is 10.9 Å². The molecule has 0 radical (unpaired) electrons. The molecule has 0 atom stereocenters. The average Bonchev–Trinajstić information content (AvgIpc) is 3.05. The van der Waals surface area contributed by atoms with Gasteiger partial charge in [-0.1, -0.05) is 25.1 Å². The summed E-state index contributed by atoms with van der Waals surface area (Å²) in [5.41, 5.74) is 2.18. The monoisotopic (exact) mass is 269 g/mol. The Morgan fingerprint density at radius 2 is 2.15 bits per heavy atom. The number of aromatic nitrogens is 2. The van der Waals surface area contributed by atoms with Crippen LogP contribution in [-0.4, -0.2) is 16.6 Å². The van der Waals surface area contributed by atoms with Crippen molar-refractivity contribution in [1.82, 2.24) is 14.9 Å². The van der Waals surface area contributed by atoms with Crippen LogP contribution >= 0.6 is 0 Å². The van der Waals surface area contributed by atoms with Crippen LogP contribution in [0.2, 0.25) is 0 Å². The molecular formula is C16H19N3O. The number of benzene rings is 1. The minimum absolute atomic E-state index is 0.731. The second-order valence-corrected chi connectivity index (χ2v) is 4.86. The minimum Gasteiger partial charge on any atom is -0.459 e. The largest absolute Gasteiger partial charge is 0.459 e. The van der Waals surface area contributed by atoms with Gasteiger partial charge in [-0.15, -0.1) is 0 Å². The summed E-state index contributed by atoms with van der Waals surface area (Å²) in [6.07, 6.45) is 4.78. The molecule has 0 saturated heterocycles. The Hall–Kier alpha value is -2.07. The number of hydrogen-bond acceptors (Lipinski definition) is 3. The van der Waals surface area contributed by atoms with Crippen molar-refractivity contribution in [2.45, 2.75) is 26.4 Å². The first-order chi connectivity index (χ1) is 9.83. The molecule has 104 valence electrons. The van der Waals surface area contributed by atoms with Crippen LogP contribution in [0.4, 0.5) is 0 Å². The Balaban J connectivity index is 2.04. The van der Waals surface area contributed by atoms with E-state index >= 15 is 0 Å². The van der Waals surface area contributed by atoms with Gasteiger partial charge in [-0.2, -0.15) is 0 Å². The molecule has 1 N–H and O–H groups in total. The van der Waals surface area contributed by atoms with Crippen LogP contribution in [0.15, 0.2) is 41.1 Å². The molecule has 3 aromatic rings. The second-order valence-electron chi connectivity index (χ2n) is 4.86. The number of nitrogens with one attached hydrogen (secondary N) is 1. The number of fused-ring (bicyclic) bond motifs is 1. The van der Waals surface area contributed by atoms with E-state index in [9.17, 15) is 0 Å². The lowest BCUT2D eigenvalue weighted by Gasteiger charge is -2.06. The van der Waals surface area contributed by atoms with Gasteiger partial charge in [0.1, 0.15) is 17.2 Å². The van der Waals surface area contributed by atoms with Gasteiger partial charge < -0.3 is 14.3 Å². The summed E-state index contributed by atoms with van der Waals surface area (Å²) in [6, 6.07) is 8.19. The lowest BCUT2D eigenvalue weighted by molar-refractivity contribution is 0.513. The molecule has 1 aromatic carbocycles. The normalized spacial score (nSPS) is 11.3. The highest BCUT2D eigenvalue weighted by Gasteiger charge is 2.14. The topological polar surface area (TPSA) is 43.0 Å². The van der Waals surface area contributed by atoms with Crippen LogP contribution in [0.25, 0.3) is 11.0 Å². The molecule has 4 nitrogen and oxygen atoms in total. The van der Waals surface area contributed by atoms with E-state index in [0.29, 0.717) is 0 Å². The average molecular weight is 269 g/mol. The van der Waals surface area contributed by atoms with Crippen molar-refractivity contribution in [1.29, 1.82) is 0 Å². The predicted octanol–water partition coefficient (Wildman–Crippen LogP) is 2.96. The second kappa shape index (κ2) is 5.51. The molecule has 4 heteroatoms. The Morgan fingerprint density at radius 3 is 2.95 bits per heavy atom. The van der Waals surface area contributed by atoms with E-state index in [1.54, 1.807) is 0 Å². The van der Waals surface area contributed by atoms with Crippen LogP contribution in [0.3, 0.4) is 0 Å². The summed E-state index contributed by atoms with van der Waals surface area (Å²) >= 11 is 0. The van der Waals surface area contributed by atoms with Gasteiger partial charge in [-0.25, -0.2) is 4.98 Å². The fourth-order valence-electron chi connectivity index (χ4n) is 2.60. The standard InChI is InChI=1S/C16H19N3O/c1-3-16-18-8-9-19(16)11-15-13(10-17-2)12-6-4-5-7-14(12)20-15/h4-9,17H,3,10-11H2,1-2H3. The molecule has 0 fully saturated rings. The van der Waals surface area contributed by atoms with Crippen LogP contribution < -0.4 is 5.32 Å². The highest BCUT2D eigenvalue weighted by atomic mass is 16.3. The number of imidazole rings is 1. The zero-order chi connectivity index (χ0) is 13.9. The summed E-state index contributed by atoms with van der Waals surface area (Å²) in [4.78, 5) is 4.37. The third-order valence-corrected chi connectivity index (χ3v) is 3.57. The Kier molecular flexibility index (Phi) is 3.56. The van der Waals surface area contributed by atoms with Crippen molar-refractivity contribution < 1.29 is 4.42 Å². The Morgan fingerprint density at radius 1 is 1.30 bits per heavy atom. The maximum atomic E-state index is 6.04.